The zero-order chi connectivity index (χ0) is 21.0. The summed E-state index contributed by atoms with van der Waals surface area (Å²) in [4.78, 5) is 20.3. The SMILES string of the molecule is CCc1nc(C)c([C@@H](C)N(C)C(=O)N[C@@H](C)c2cnn(Cc3ccccc3)c2)s1. The molecule has 29 heavy (non-hydrogen) atoms. The van der Waals surface area contributed by atoms with Crippen molar-refractivity contribution in [1.29, 1.82) is 0 Å². The Morgan fingerprint density at radius 1 is 1.28 bits per heavy atom. The standard InChI is InChI=1S/C22H29N5OS/c1-6-20-24-16(3)21(29-20)17(4)26(5)22(28)25-15(2)19-12-23-27(14-19)13-18-10-8-7-9-11-18/h7-12,14-15,17H,6,13H2,1-5H3,(H,25,28)/t15-,17+/m0/s1. The number of benzene rings is 1. The monoisotopic (exact) mass is 411 g/mol. The maximum Gasteiger partial charge on any atom is 0.318 e. The van der Waals surface area contributed by atoms with Gasteiger partial charge in [-0.2, -0.15) is 5.10 Å². The summed E-state index contributed by atoms with van der Waals surface area (Å²) in [7, 11) is 1.83. The smallest absolute Gasteiger partial charge is 0.318 e. The second kappa shape index (κ2) is 9.22. The maximum atomic E-state index is 12.8. The fourth-order valence-electron chi connectivity index (χ4n) is 3.19. The highest BCUT2D eigenvalue weighted by Gasteiger charge is 2.23. The minimum Gasteiger partial charge on any atom is -0.331 e. The number of carbonyl (C=O) groups is 1. The van der Waals surface area contributed by atoms with Crippen molar-refractivity contribution in [3.05, 3.63) is 69.4 Å². The molecule has 0 aliphatic heterocycles. The Labute approximate surface area is 176 Å². The number of nitrogens with one attached hydrogen (secondary N) is 1. The molecule has 1 aromatic carbocycles. The molecular weight excluding hydrogens is 382 g/mol. The molecular formula is C22H29N5OS. The predicted molar refractivity (Wildman–Crippen MR) is 117 cm³/mol. The summed E-state index contributed by atoms with van der Waals surface area (Å²) < 4.78 is 1.90. The first-order chi connectivity index (χ1) is 13.9. The van der Waals surface area contributed by atoms with Gasteiger partial charge in [-0.05, 0) is 32.8 Å². The van der Waals surface area contributed by atoms with Gasteiger partial charge in [0.05, 0.1) is 35.5 Å². The van der Waals surface area contributed by atoms with Gasteiger partial charge in [0.15, 0.2) is 0 Å². The van der Waals surface area contributed by atoms with Gasteiger partial charge in [0.1, 0.15) is 0 Å². The van der Waals surface area contributed by atoms with E-state index in [1.54, 1.807) is 16.2 Å². The average Bonchev–Trinajstić information content (AvgIpc) is 3.34. The average molecular weight is 412 g/mol. The van der Waals surface area contributed by atoms with Crippen molar-refractivity contribution in [3.8, 4) is 0 Å². The minimum atomic E-state index is -0.129. The molecule has 0 spiro atoms. The maximum absolute atomic E-state index is 12.8. The lowest BCUT2D eigenvalue weighted by atomic mass is 10.2. The van der Waals surface area contributed by atoms with Crippen molar-refractivity contribution in [3.63, 3.8) is 0 Å². The highest BCUT2D eigenvalue weighted by atomic mass is 32.1. The number of urea groups is 1. The van der Waals surface area contributed by atoms with E-state index in [0.717, 1.165) is 27.6 Å². The summed E-state index contributed by atoms with van der Waals surface area (Å²) in [6, 6.07) is 9.94. The molecule has 1 N–H and O–H groups in total. The van der Waals surface area contributed by atoms with Crippen LogP contribution in [0.2, 0.25) is 0 Å². The first kappa shape index (κ1) is 21.0. The number of aryl methyl sites for hydroxylation is 2. The molecule has 0 unspecified atom stereocenters. The van der Waals surface area contributed by atoms with E-state index in [9.17, 15) is 4.79 Å². The third kappa shape index (κ3) is 5.03. The van der Waals surface area contributed by atoms with Gasteiger partial charge in [-0.3, -0.25) is 4.68 Å². The molecule has 2 amide bonds. The number of aromatic nitrogens is 3. The Kier molecular flexibility index (Phi) is 6.69. The van der Waals surface area contributed by atoms with E-state index >= 15 is 0 Å². The first-order valence-corrected chi connectivity index (χ1v) is 10.8. The van der Waals surface area contributed by atoms with Gasteiger partial charge in [-0.15, -0.1) is 11.3 Å². The van der Waals surface area contributed by atoms with Crippen LogP contribution in [0, 0.1) is 6.92 Å². The predicted octanol–water partition coefficient (Wildman–Crippen LogP) is 4.72. The van der Waals surface area contributed by atoms with Crippen molar-refractivity contribution in [2.45, 2.75) is 52.7 Å². The Balaban J connectivity index is 1.61. The van der Waals surface area contributed by atoms with Crippen LogP contribution in [0.25, 0.3) is 0 Å². The number of hydrogen-bond donors (Lipinski definition) is 1. The van der Waals surface area contributed by atoms with E-state index in [2.05, 4.69) is 34.5 Å². The van der Waals surface area contributed by atoms with Crippen molar-refractivity contribution in [2.24, 2.45) is 0 Å². The summed E-state index contributed by atoms with van der Waals surface area (Å²) in [5.74, 6) is 0. The number of thiazole rings is 1. The first-order valence-electron chi connectivity index (χ1n) is 9.94. The Hall–Kier alpha value is -2.67. The molecule has 0 bridgehead atoms. The van der Waals surface area contributed by atoms with Gasteiger partial charge >= 0.3 is 6.03 Å². The molecule has 0 saturated heterocycles. The Morgan fingerprint density at radius 3 is 2.66 bits per heavy atom. The van der Waals surface area contributed by atoms with Crippen molar-refractivity contribution in [1.82, 2.24) is 25.0 Å². The summed E-state index contributed by atoms with van der Waals surface area (Å²) in [5.41, 5.74) is 3.19. The lowest BCUT2D eigenvalue weighted by Crippen LogP contribution is -2.39. The largest absolute Gasteiger partial charge is 0.331 e. The quantitative estimate of drug-likeness (QED) is 0.612. The molecule has 2 aromatic heterocycles. The lowest BCUT2D eigenvalue weighted by molar-refractivity contribution is 0.191. The number of hydrogen-bond acceptors (Lipinski definition) is 4. The fourth-order valence-corrected chi connectivity index (χ4v) is 4.29. The molecule has 0 saturated carbocycles. The molecule has 2 atom stereocenters. The van der Waals surface area contributed by atoms with E-state index in [-0.39, 0.29) is 18.1 Å². The molecule has 0 radical (unpaired) electrons. The van der Waals surface area contributed by atoms with Crippen LogP contribution in [-0.4, -0.2) is 32.7 Å². The zero-order valence-electron chi connectivity index (χ0n) is 17.7. The van der Waals surface area contributed by atoms with Gasteiger partial charge in [0.2, 0.25) is 0 Å². The van der Waals surface area contributed by atoms with Crippen LogP contribution < -0.4 is 5.32 Å². The molecule has 3 aromatic rings. The Bertz CT molecular complexity index is 949. The van der Waals surface area contributed by atoms with Crippen LogP contribution in [0.1, 0.15) is 59.6 Å². The topological polar surface area (TPSA) is 63.1 Å². The van der Waals surface area contributed by atoms with Crippen molar-refractivity contribution < 1.29 is 4.79 Å². The van der Waals surface area contributed by atoms with Crippen LogP contribution in [0.15, 0.2) is 42.7 Å². The molecule has 6 nitrogen and oxygen atoms in total. The number of rotatable bonds is 7. The molecule has 0 fully saturated rings. The van der Waals surface area contributed by atoms with Crippen LogP contribution in [-0.2, 0) is 13.0 Å². The van der Waals surface area contributed by atoms with Gasteiger partial charge in [0, 0.05) is 23.7 Å². The van der Waals surface area contributed by atoms with Gasteiger partial charge in [-0.1, -0.05) is 37.3 Å². The van der Waals surface area contributed by atoms with E-state index in [4.69, 9.17) is 0 Å². The normalized spacial score (nSPS) is 13.1. The number of carbonyl (C=O) groups excluding carboxylic acids is 1. The van der Waals surface area contributed by atoms with Crippen LogP contribution in [0.3, 0.4) is 0 Å². The zero-order valence-corrected chi connectivity index (χ0v) is 18.5. The number of nitrogens with zero attached hydrogens (tertiary/aromatic N) is 4. The summed E-state index contributed by atoms with van der Waals surface area (Å²) >= 11 is 1.69. The van der Waals surface area contributed by atoms with Gasteiger partial charge in [-0.25, -0.2) is 9.78 Å². The fraction of sp³-hybridized carbons (Fsp3) is 0.409. The second-order valence-electron chi connectivity index (χ2n) is 7.33. The lowest BCUT2D eigenvalue weighted by Gasteiger charge is -2.26. The van der Waals surface area contributed by atoms with Crippen LogP contribution >= 0.6 is 11.3 Å². The molecule has 154 valence electrons. The van der Waals surface area contributed by atoms with Crippen molar-refractivity contribution in [2.75, 3.05) is 7.05 Å². The van der Waals surface area contributed by atoms with Crippen molar-refractivity contribution >= 4 is 17.4 Å². The van der Waals surface area contributed by atoms with Crippen LogP contribution in [0.4, 0.5) is 4.79 Å². The highest BCUT2D eigenvalue weighted by Crippen LogP contribution is 2.29. The Morgan fingerprint density at radius 2 is 2.00 bits per heavy atom. The summed E-state index contributed by atoms with van der Waals surface area (Å²) in [6.07, 6.45) is 4.72. The molecule has 7 heteroatoms. The summed E-state index contributed by atoms with van der Waals surface area (Å²) in [6.45, 7) is 8.85. The number of amides is 2. The van der Waals surface area contributed by atoms with Crippen LogP contribution in [0.5, 0.6) is 0 Å². The molecule has 0 aliphatic carbocycles. The highest BCUT2D eigenvalue weighted by molar-refractivity contribution is 7.11. The third-order valence-electron chi connectivity index (χ3n) is 5.14. The summed E-state index contributed by atoms with van der Waals surface area (Å²) in [5, 5.41) is 8.63. The molecule has 0 aliphatic rings. The third-order valence-corrected chi connectivity index (χ3v) is 6.61. The van der Waals surface area contributed by atoms with E-state index in [1.807, 2.05) is 63.1 Å². The van der Waals surface area contributed by atoms with E-state index < -0.39 is 0 Å². The van der Waals surface area contributed by atoms with E-state index in [0.29, 0.717) is 6.54 Å². The van der Waals surface area contributed by atoms with Gasteiger partial charge in [0.25, 0.3) is 0 Å². The van der Waals surface area contributed by atoms with Gasteiger partial charge < -0.3 is 10.2 Å². The minimum absolute atomic E-state index is 0.0270. The second-order valence-corrected chi connectivity index (χ2v) is 8.44. The molecule has 2 heterocycles. The molecule has 3 rings (SSSR count). The van der Waals surface area contributed by atoms with E-state index in [1.165, 1.54) is 5.56 Å².